The zero-order chi connectivity index (χ0) is 20.5. The fourth-order valence-corrected chi connectivity index (χ4v) is 3.67. The number of pyridine rings is 1. The molecule has 0 fully saturated rings. The maximum Gasteiger partial charge on any atom is 0.157 e. The first-order chi connectivity index (χ1) is 14.7. The van der Waals surface area contributed by atoms with Crippen molar-refractivity contribution in [2.75, 3.05) is 12.3 Å². The van der Waals surface area contributed by atoms with Gasteiger partial charge in [-0.1, -0.05) is 53.7 Å². The molecule has 0 saturated heterocycles. The zero-order valence-corrected chi connectivity index (χ0v) is 16.6. The minimum Gasteiger partial charge on any atom is -0.382 e. The zero-order valence-electron chi connectivity index (χ0n) is 16.6. The van der Waals surface area contributed by atoms with Gasteiger partial charge in [-0.2, -0.15) is 0 Å². The van der Waals surface area contributed by atoms with Crippen molar-refractivity contribution in [1.29, 1.82) is 0 Å². The number of hydrogen-bond acceptors (Lipinski definition) is 6. The van der Waals surface area contributed by atoms with Crippen LogP contribution in [0.25, 0.3) is 33.2 Å². The highest BCUT2D eigenvalue weighted by molar-refractivity contribution is 6.06. The highest BCUT2D eigenvalue weighted by Crippen LogP contribution is 2.30. The molecular formula is C23H21N5O2. The number of hydrogen-bond donors (Lipinski definition) is 1. The van der Waals surface area contributed by atoms with E-state index in [9.17, 15) is 0 Å². The van der Waals surface area contributed by atoms with Crippen molar-refractivity contribution in [3.63, 3.8) is 0 Å². The number of imidazole rings is 1. The van der Waals surface area contributed by atoms with E-state index in [1.54, 1.807) is 0 Å². The van der Waals surface area contributed by atoms with Gasteiger partial charge in [-0.15, -0.1) is 0 Å². The predicted octanol–water partition coefficient (Wildman–Crippen LogP) is 4.41. The number of nitrogen functional groups attached to an aromatic ring is 1. The largest absolute Gasteiger partial charge is 0.382 e. The number of nitrogens with two attached hydrogens (primary N) is 1. The molecule has 5 rings (SSSR count). The summed E-state index contributed by atoms with van der Waals surface area (Å²) in [6.07, 6.45) is 0. The lowest BCUT2D eigenvalue weighted by molar-refractivity contribution is 0.126. The Kier molecular flexibility index (Phi) is 4.65. The minimum atomic E-state index is 0.374. The molecule has 0 radical (unpaired) electrons. The Morgan fingerprint density at radius 1 is 1.03 bits per heavy atom. The van der Waals surface area contributed by atoms with Gasteiger partial charge >= 0.3 is 0 Å². The Morgan fingerprint density at radius 2 is 1.83 bits per heavy atom. The Morgan fingerprint density at radius 3 is 2.67 bits per heavy atom. The van der Waals surface area contributed by atoms with Gasteiger partial charge < -0.3 is 19.6 Å². The van der Waals surface area contributed by atoms with Gasteiger partial charge in [0.25, 0.3) is 0 Å². The Balaban J connectivity index is 1.64. The molecule has 2 N–H and O–H groups in total. The number of fused-ring (bicyclic) bond motifs is 3. The average molecular weight is 399 g/mol. The molecule has 150 valence electrons. The monoisotopic (exact) mass is 399 g/mol. The second-order valence-corrected chi connectivity index (χ2v) is 7.01. The van der Waals surface area contributed by atoms with E-state index in [-0.39, 0.29) is 0 Å². The molecule has 0 atom stereocenters. The number of aromatic nitrogens is 4. The van der Waals surface area contributed by atoms with Crippen LogP contribution in [-0.2, 0) is 17.9 Å². The summed E-state index contributed by atoms with van der Waals surface area (Å²) >= 11 is 0. The summed E-state index contributed by atoms with van der Waals surface area (Å²) in [5.74, 6) is 1.91. The van der Waals surface area contributed by atoms with Crippen LogP contribution >= 0.6 is 0 Å². The minimum absolute atomic E-state index is 0.374. The molecule has 3 aromatic heterocycles. The fourth-order valence-electron chi connectivity index (χ4n) is 3.67. The molecule has 0 aliphatic rings. The van der Waals surface area contributed by atoms with Crippen LogP contribution in [0, 0.1) is 0 Å². The number of benzene rings is 2. The smallest absolute Gasteiger partial charge is 0.157 e. The van der Waals surface area contributed by atoms with Gasteiger partial charge in [0.2, 0.25) is 0 Å². The van der Waals surface area contributed by atoms with Crippen LogP contribution in [0.4, 0.5) is 5.82 Å². The van der Waals surface area contributed by atoms with E-state index in [2.05, 4.69) is 14.7 Å². The van der Waals surface area contributed by atoms with Crippen LogP contribution < -0.4 is 5.73 Å². The maximum absolute atomic E-state index is 6.24. The van der Waals surface area contributed by atoms with E-state index in [4.69, 9.17) is 20.0 Å². The van der Waals surface area contributed by atoms with Crippen LogP contribution in [0.2, 0.25) is 0 Å². The molecule has 30 heavy (non-hydrogen) atoms. The number of ether oxygens (including phenoxy) is 1. The summed E-state index contributed by atoms with van der Waals surface area (Å²) in [5.41, 5.74) is 10.5. The average Bonchev–Trinajstić information content (AvgIpc) is 3.39. The third-order valence-electron chi connectivity index (χ3n) is 5.07. The molecular weight excluding hydrogens is 378 g/mol. The standard InChI is InChI=1S/C23H21N5O2/c1-2-29-14-20-26-21-22(17-10-6-7-11-18(17)25-23(21)24)28(20)13-16-12-19(27-30-16)15-8-4-3-5-9-15/h3-12H,2,13-14H2,1H3,(H2,24,25). The Bertz CT molecular complexity index is 1320. The van der Waals surface area contributed by atoms with Gasteiger partial charge in [0.05, 0.1) is 17.6 Å². The molecule has 0 unspecified atom stereocenters. The van der Waals surface area contributed by atoms with Gasteiger partial charge in [0.15, 0.2) is 11.6 Å². The fraction of sp³-hybridized carbons (Fsp3) is 0.174. The first-order valence-corrected chi connectivity index (χ1v) is 9.86. The molecule has 0 aliphatic heterocycles. The van der Waals surface area contributed by atoms with E-state index in [1.165, 1.54) is 0 Å². The molecule has 0 spiro atoms. The van der Waals surface area contributed by atoms with Crippen molar-refractivity contribution in [1.82, 2.24) is 19.7 Å². The van der Waals surface area contributed by atoms with Gasteiger partial charge in [0, 0.05) is 23.6 Å². The second-order valence-electron chi connectivity index (χ2n) is 7.01. The maximum atomic E-state index is 6.24. The normalized spacial score (nSPS) is 11.5. The Hall–Kier alpha value is -3.71. The number of nitrogens with zero attached hydrogens (tertiary/aromatic N) is 4. The van der Waals surface area contributed by atoms with Gasteiger partial charge in [0.1, 0.15) is 23.6 Å². The third kappa shape index (κ3) is 3.19. The molecule has 7 nitrogen and oxygen atoms in total. The second kappa shape index (κ2) is 7.61. The number of para-hydroxylation sites is 1. The van der Waals surface area contributed by atoms with Gasteiger partial charge in [-0.25, -0.2) is 9.97 Å². The lowest BCUT2D eigenvalue weighted by Crippen LogP contribution is -2.07. The summed E-state index contributed by atoms with van der Waals surface area (Å²) in [6.45, 7) is 3.39. The van der Waals surface area contributed by atoms with E-state index in [1.807, 2.05) is 67.6 Å². The van der Waals surface area contributed by atoms with Gasteiger partial charge in [-0.05, 0) is 13.0 Å². The summed E-state index contributed by atoms with van der Waals surface area (Å²) in [5, 5.41) is 5.23. The van der Waals surface area contributed by atoms with Crippen molar-refractivity contribution in [2.24, 2.45) is 0 Å². The van der Waals surface area contributed by atoms with Crippen LogP contribution in [0.15, 0.2) is 65.2 Å². The number of rotatable bonds is 6. The van der Waals surface area contributed by atoms with E-state index in [0.29, 0.717) is 31.1 Å². The van der Waals surface area contributed by atoms with E-state index in [0.717, 1.165) is 39.3 Å². The van der Waals surface area contributed by atoms with Crippen molar-refractivity contribution >= 4 is 27.8 Å². The van der Waals surface area contributed by atoms with Crippen molar-refractivity contribution < 1.29 is 9.26 Å². The number of anilines is 1. The first-order valence-electron chi connectivity index (χ1n) is 9.86. The molecule has 7 heteroatoms. The van der Waals surface area contributed by atoms with Crippen LogP contribution in [0.3, 0.4) is 0 Å². The third-order valence-corrected chi connectivity index (χ3v) is 5.07. The first kappa shape index (κ1) is 18.3. The molecule has 3 heterocycles. The highest BCUT2D eigenvalue weighted by atomic mass is 16.5. The quantitative estimate of drug-likeness (QED) is 0.455. The van der Waals surface area contributed by atoms with E-state index >= 15 is 0 Å². The molecule has 0 aliphatic carbocycles. The molecule has 0 amide bonds. The summed E-state index contributed by atoms with van der Waals surface area (Å²) in [4.78, 5) is 9.26. The molecule has 2 aromatic carbocycles. The van der Waals surface area contributed by atoms with Crippen molar-refractivity contribution in [3.05, 3.63) is 72.2 Å². The summed E-state index contributed by atoms with van der Waals surface area (Å²) < 4.78 is 13.4. The molecule has 0 saturated carbocycles. The summed E-state index contributed by atoms with van der Waals surface area (Å²) in [6, 6.07) is 19.8. The van der Waals surface area contributed by atoms with Crippen molar-refractivity contribution in [3.8, 4) is 11.3 Å². The lowest BCUT2D eigenvalue weighted by Gasteiger charge is -2.09. The van der Waals surface area contributed by atoms with Crippen LogP contribution in [0.1, 0.15) is 18.5 Å². The molecule has 5 aromatic rings. The van der Waals surface area contributed by atoms with Crippen LogP contribution in [-0.4, -0.2) is 26.3 Å². The van der Waals surface area contributed by atoms with Crippen molar-refractivity contribution in [2.45, 2.75) is 20.1 Å². The Labute approximate surface area is 173 Å². The van der Waals surface area contributed by atoms with Gasteiger partial charge in [-0.3, -0.25) is 0 Å². The highest BCUT2D eigenvalue weighted by Gasteiger charge is 2.19. The molecule has 0 bridgehead atoms. The predicted molar refractivity (Wildman–Crippen MR) is 116 cm³/mol. The van der Waals surface area contributed by atoms with Crippen LogP contribution in [0.5, 0.6) is 0 Å². The summed E-state index contributed by atoms with van der Waals surface area (Å²) in [7, 11) is 0. The topological polar surface area (TPSA) is 92.0 Å². The SMILES string of the molecule is CCOCc1nc2c(N)nc3ccccc3c2n1Cc1cc(-c2ccccc2)no1. The lowest BCUT2D eigenvalue weighted by atomic mass is 10.1. The van der Waals surface area contributed by atoms with E-state index < -0.39 is 0 Å².